The molecule has 1 saturated carbocycles. The van der Waals surface area contributed by atoms with E-state index in [2.05, 4.69) is 20.0 Å². The second-order valence-electron chi connectivity index (χ2n) is 3.97. The van der Waals surface area contributed by atoms with Crippen LogP contribution in [0, 0.1) is 5.92 Å². The summed E-state index contributed by atoms with van der Waals surface area (Å²) in [6, 6.07) is 0. The summed E-state index contributed by atoms with van der Waals surface area (Å²) >= 11 is 1.30. The molecule has 1 aromatic rings. The van der Waals surface area contributed by atoms with Gasteiger partial charge in [0.2, 0.25) is 11.0 Å². The molecule has 0 saturated heterocycles. The van der Waals surface area contributed by atoms with Crippen molar-refractivity contribution < 1.29 is 4.79 Å². The molecule has 0 radical (unpaired) electrons. The van der Waals surface area contributed by atoms with Gasteiger partial charge in [0, 0.05) is 24.5 Å². The Labute approximate surface area is 98.8 Å². The van der Waals surface area contributed by atoms with E-state index in [1.54, 1.807) is 0 Å². The molecule has 0 atom stereocenters. The molecular formula is C10H16N4OS. The minimum absolute atomic E-state index is 0.0279. The van der Waals surface area contributed by atoms with Crippen LogP contribution in [0.25, 0.3) is 0 Å². The standard InChI is InChI=1S/C10H16N4OS/c1-2-8-13-10(16-14-8)12-6-9(15)11-5-7-3-4-7/h7H,2-6H2,1H3,(H,11,15)(H,12,13,14). The van der Waals surface area contributed by atoms with Crippen LogP contribution in [0.2, 0.25) is 0 Å². The first-order chi connectivity index (χ1) is 7.78. The maximum atomic E-state index is 11.4. The molecule has 16 heavy (non-hydrogen) atoms. The van der Waals surface area contributed by atoms with E-state index in [1.165, 1.54) is 24.4 Å². The average Bonchev–Trinajstić information content (AvgIpc) is 3.01. The van der Waals surface area contributed by atoms with Gasteiger partial charge in [-0.25, -0.2) is 4.98 Å². The predicted octanol–water partition coefficient (Wildman–Crippen LogP) is 1.04. The first kappa shape index (κ1) is 11.3. The van der Waals surface area contributed by atoms with E-state index >= 15 is 0 Å². The SMILES string of the molecule is CCc1nsc(NCC(=O)NCC2CC2)n1. The van der Waals surface area contributed by atoms with Crippen molar-refractivity contribution in [3.63, 3.8) is 0 Å². The fraction of sp³-hybridized carbons (Fsp3) is 0.700. The molecule has 88 valence electrons. The zero-order chi connectivity index (χ0) is 11.4. The molecule has 0 aliphatic heterocycles. The quantitative estimate of drug-likeness (QED) is 0.779. The number of anilines is 1. The lowest BCUT2D eigenvalue weighted by Crippen LogP contribution is -2.31. The number of aryl methyl sites for hydroxylation is 1. The van der Waals surface area contributed by atoms with Crippen molar-refractivity contribution >= 4 is 22.6 Å². The van der Waals surface area contributed by atoms with Gasteiger partial charge in [-0.1, -0.05) is 6.92 Å². The fourth-order valence-corrected chi connectivity index (χ4v) is 1.91. The van der Waals surface area contributed by atoms with Crippen LogP contribution in [0.5, 0.6) is 0 Å². The van der Waals surface area contributed by atoms with E-state index in [4.69, 9.17) is 0 Å². The second-order valence-corrected chi connectivity index (χ2v) is 4.72. The summed E-state index contributed by atoms with van der Waals surface area (Å²) in [4.78, 5) is 15.6. The van der Waals surface area contributed by atoms with Crippen LogP contribution in [0.3, 0.4) is 0 Å². The third kappa shape index (κ3) is 3.44. The summed E-state index contributed by atoms with van der Waals surface area (Å²) in [7, 11) is 0. The summed E-state index contributed by atoms with van der Waals surface area (Å²) in [5, 5.41) is 6.59. The molecule has 1 fully saturated rings. The van der Waals surface area contributed by atoms with Crippen LogP contribution in [0.4, 0.5) is 5.13 Å². The second kappa shape index (κ2) is 5.25. The molecule has 6 heteroatoms. The van der Waals surface area contributed by atoms with Gasteiger partial charge in [0.25, 0.3) is 0 Å². The highest BCUT2D eigenvalue weighted by Gasteiger charge is 2.21. The van der Waals surface area contributed by atoms with E-state index in [0.29, 0.717) is 0 Å². The Morgan fingerprint density at radius 3 is 3.00 bits per heavy atom. The number of carbonyl (C=O) groups excluding carboxylic acids is 1. The lowest BCUT2D eigenvalue weighted by Gasteiger charge is -2.03. The zero-order valence-electron chi connectivity index (χ0n) is 9.32. The first-order valence-corrected chi connectivity index (χ1v) is 6.38. The summed E-state index contributed by atoms with van der Waals surface area (Å²) in [5.41, 5.74) is 0. The smallest absolute Gasteiger partial charge is 0.239 e. The van der Waals surface area contributed by atoms with Crippen LogP contribution in [-0.2, 0) is 11.2 Å². The van der Waals surface area contributed by atoms with Gasteiger partial charge in [-0.15, -0.1) is 0 Å². The van der Waals surface area contributed by atoms with Gasteiger partial charge in [-0.3, -0.25) is 4.79 Å². The Balaban J connectivity index is 1.67. The molecule has 1 amide bonds. The van der Waals surface area contributed by atoms with Crippen LogP contribution < -0.4 is 10.6 Å². The van der Waals surface area contributed by atoms with Crippen molar-refractivity contribution in [2.75, 3.05) is 18.4 Å². The number of rotatable bonds is 6. The van der Waals surface area contributed by atoms with E-state index in [-0.39, 0.29) is 12.5 Å². The zero-order valence-corrected chi connectivity index (χ0v) is 10.1. The van der Waals surface area contributed by atoms with Gasteiger partial charge >= 0.3 is 0 Å². The number of nitrogens with zero attached hydrogens (tertiary/aromatic N) is 2. The highest BCUT2D eigenvalue weighted by atomic mass is 32.1. The van der Waals surface area contributed by atoms with Crippen molar-refractivity contribution in [1.29, 1.82) is 0 Å². The highest BCUT2D eigenvalue weighted by Crippen LogP contribution is 2.27. The lowest BCUT2D eigenvalue weighted by atomic mass is 10.4. The molecule has 0 bridgehead atoms. The molecule has 5 nitrogen and oxygen atoms in total. The number of hydrogen-bond donors (Lipinski definition) is 2. The molecule has 2 rings (SSSR count). The largest absolute Gasteiger partial charge is 0.354 e. The molecule has 1 heterocycles. The number of aromatic nitrogens is 2. The minimum atomic E-state index is 0.0279. The maximum Gasteiger partial charge on any atom is 0.239 e. The normalized spacial score (nSPS) is 14.8. The van der Waals surface area contributed by atoms with Crippen LogP contribution >= 0.6 is 11.5 Å². The molecule has 0 unspecified atom stereocenters. The number of amides is 1. The van der Waals surface area contributed by atoms with Crippen molar-refractivity contribution in [3.8, 4) is 0 Å². The predicted molar refractivity (Wildman–Crippen MR) is 63.5 cm³/mol. The molecule has 2 N–H and O–H groups in total. The summed E-state index contributed by atoms with van der Waals surface area (Å²) in [6.45, 7) is 3.11. The molecule has 1 aromatic heterocycles. The van der Waals surface area contributed by atoms with E-state index < -0.39 is 0 Å². The summed E-state index contributed by atoms with van der Waals surface area (Å²) in [5.74, 6) is 1.57. The maximum absolute atomic E-state index is 11.4. The molecular weight excluding hydrogens is 224 g/mol. The van der Waals surface area contributed by atoms with E-state index in [0.717, 1.165) is 29.8 Å². The van der Waals surface area contributed by atoms with Gasteiger partial charge in [0.1, 0.15) is 5.82 Å². The van der Waals surface area contributed by atoms with Crippen molar-refractivity contribution in [2.45, 2.75) is 26.2 Å². The van der Waals surface area contributed by atoms with Crippen LogP contribution in [-0.4, -0.2) is 28.4 Å². The first-order valence-electron chi connectivity index (χ1n) is 5.61. The van der Waals surface area contributed by atoms with Gasteiger partial charge in [-0.2, -0.15) is 4.37 Å². The average molecular weight is 240 g/mol. The Morgan fingerprint density at radius 1 is 1.56 bits per heavy atom. The Bertz CT molecular complexity index is 361. The third-order valence-corrected chi connectivity index (χ3v) is 3.18. The summed E-state index contributed by atoms with van der Waals surface area (Å²) < 4.78 is 4.13. The van der Waals surface area contributed by atoms with Crippen molar-refractivity contribution in [1.82, 2.24) is 14.7 Å². The Morgan fingerprint density at radius 2 is 2.38 bits per heavy atom. The monoisotopic (exact) mass is 240 g/mol. The number of nitrogens with one attached hydrogen (secondary N) is 2. The number of carbonyl (C=O) groups is 1. The van der Waals surface area contributed by atoms with Gasteiger partial charge in [0.15, 0.2) is 0 Å². The minimum Gasteiger partial charge on any atom is -0.354 e. The van der Waals surface area contributed by atoms with Crippen molar-refractivity contribution in [2.24, 2.45) is 5.92 Å². The third-order valence-electron chi connectivity index (χ3n) is 2.47. The Hall–Kier alpha value is -1.17. The molecule has 1 aliphatic carbocycles. The molecule has 0 spiro atoms. The van der Waals surface area contributed by atoms with Crippen LogP contribution in [0.1, 0.15) is 25.6 Å². The lowest BCUT2D eigenvalue weighted by molar-refractivity contribution is -0.119. The van der Waals surface area contributed by atoms with Gasteiger partial charge in [0.05, 0.1) is 6.54 Å². The highest BCUT2D eigenvalue weighted by molar-refractivity contribution is 7.09. The summed E-state index contributed by atoms with van der Waals surface area (Å²) in [6.07, 6.45) is 3.33. The van der Waals surface area contributed by atoms with Gasteiger partial charge < -0.3 is 10.6 Å². The van der Waals surface area contributed by atoms with Crippen LogP contribution in [0.15, 0.2) is 0 Å². The van der Waals surface area contributed by atoms with Crippen molar-refractivity contribution in [3.05, 3.63) is 5.82 Å². The molecule has 0 aromatic carbocycles. The number of hydrogen-bond acceptors (Lipinski definition) is 5. The molecule has 1 aliphatic rings. The van der Waals surface area contributed by atoms with Gasteiger partial charge in [-0.05, 0) is 18.8 Å². The topological polar surface area (TPSA) is 66.9 Å². The van der Waals surface area contributed by atoms with E-state index in [1.807, 2.05) is 6.92 Å². The van der Waals surface area contributed by atoms with E-state index in [9.17, 15) is 4.79 Å². The Kier molecular flexibility index (Phi) is 3.71. The fourth-order valence-electron chi connectivity index (χ4n) is 1.27.